The van der Waals surface area contributed by atoms with Crippen LogP contribution >= 0.6 is 0 Å². The second kappa shape index (κ2) is 4.45. The van der Waals surface area contributed by atoms with Crippen molar-refractivity contribution in [3.63, 3.8) is 0 Å². The lowest BCUT2D eigenvalue weighted by molar-refractivity contribution is -0.121. The van der Waals surface area contributed by atoms with Gasteiger partial charge in [-0.2, -0.15) is 0 Å². The molecule has 2 aliphatic rings. The van der Waals surface area contributed by atoms with E-state index in [0.29, 0.717) is 23.7 Å². The van der Waals surface area contributed by atoms with Gasteiger partial charge in [0.25, 0.3) is 0 Å². The molecule has 0 spiro atoms. The molecule has 0 amide bonds. The van der Waals surface area contributed by atoms with Crippen LogP contribution < -0.4 is 0 Å². The summed E-state index contributed by atoms with van der Waals surface area (Å²) in [6.45, 7) is 13.6. The van der Waals surface area contributed by atoms with Gasteiger partial charge >= 0.3 is 0 Å². The topological polar surface area (TPSA) is 26.3 Å². The number of carbonyl (C=O) groups is 1. The first-order valence-corrected chi connectivity index (χ1v) is 10.2. The summed E-state index contributed by atoms with van der Waals surface area (Å²) in [7, 11) is -1.64. The second-order valence-corrected chi connectivity index (χ2v) is 12.6. The summed E-state index contributed by atoms with van der Waals surface area (Å²) in [5.41, 5.74) is 0. The number of Topliss-reactive ketones (excluding diaryl/α,β-unsaturated/α-hetero) is 1. The fourth-order valence-corrected chi connectivity index (χ4v) is 4.70. The highest BCUT2D eigenvalue weighted by Crippen LogP contribution is 2.48. The van der Waals surface area contributed by atoms with Crippen molar-refractivity contribution in [2.24, 2.45) is 17.8 Å². The molecule has 104 valence electrons. The van der Waals surface area contributed by atoms with Crippen LogP contribution in [-0.2, 0) is 9.22 Å². The molecule has 0 bridgehead atoms. The summed E-state index contributed by atoms with van der Waals surface area (Å²) in [6.07, 6.45) is 3.46. The van der Waals surface area contributed by atoms with Crippen LogP contribution in [0, 0.1) is 17.8 Å². The highest BCUT2D eigenvalue weighted by atomic mass is 28.4. The van der Waals surface area contributed by atoms with Crippen LogP contribution in [0.25, 0.3) is 0 Å². The third-order valence-corrected chi connectivity index (χ3v) is 10.1. The van der Waals surface area contributed by atoms with Crippen LogP contribution in [0.1, 0.15) is 47.0 Å². The molecule has 0 heterocycles. The summed E-state index contributed by atoms with van der Waals surface area (Å²) in [6, 6.07) is 0. The molecule has 2 aliphatic carbocycles. The van der Waals surface area contributed by atoms with Gasteiger partial charge in [-0.3, -0.25) is 4.79 Å². The molecule has 0 N–H and O–H groups in total. The van der Waals surface area contributed by atoms with E-state index < -0.39 is 8.32 Å². The standard InChI is InChI=1S/C15H28O2Si/c1-10-13-9-12(7-11(13)8-14(10)16)17-18(5,6)15(2,3)4/h10-13H,7-9H2,1-6H3/t10-,11+,12+,13-/m1/s1. The van der Waals surface area contributed by atoms with Crippen LogP contribution in [-0.4, -0.2) is 20.2 Å². The average molecular weight is 268 g/mol. The van der Waals surface area contributed by atoms with Gasteiger partial charge in [0.2, 0.25) is 0 Å². The molecule has 0 aromatic rings. The Labute approximate surface area is 113 Å². The van der Waals surface area contributed by atoms with Crippen LogP contribution in [0.5, 0.6) is 0 Å². The molecule has 2 fully saturated rings. The normalized spacial score (nSPS) is 37.1. The van der Waals surface area contributed by atoms with Gasteiger partial charge in [0.1, 0.15) is 5.78 Å². The number of hydrogen-bond acceptors (Lipinski definition) is 2. The van der Waals surface area contributed by atoms with Gasteiger partial charge in [-0.15, -0.1) is 0 Å². The number of rotatable bonds is 2. The number of hydrogen-bond donors (Lipinski definition) is 0. The first-order chi connectivity index (χ1) is 8.12. The zero-order chi connectivity index (χ0) is 13.7. The van der Waals surface area contributed by atoms with Gasteiger partial charge in [0, 0.05) is 18.4 Å². The maximum Gasteiger partial charge on any atom is 0.192 e. The quantitative estimate of drug-likeness (QED) is 0.707. The Hall–Kier alpha value is -0.153. The van der Waals surface area contributed by atoms with Crippen LogP contribution in [0.3, 0.4) is 0 Å². The summed E-state index contributed by atoms with van der Waals surface area (Å²) in [5.74, 6) is 1.98. The number of carbonyl (C=O) groups excluding carboxylic acids is 1. The molecule has 3 heteroatoms. The molecule has 4 atom stereocenters. The molecule has 0 aliphatic heterocycles. The molecule has 2 rings (SSSR count). The Morgan fingerprint density at radius 1 is 1.22 bits per heavy atom. The summed E-state index contributed by atoms with van der Waals surface area (Å²) >= 11 is 0. The summed E-state index contributed by atoms with van der Waals surface area (Å²) in [4.78, 5) is 11.7. The van der Waals surface area contributed by atoms with E-state index in [1.54, 1.807) is 0 Å². The molecular weight excluding hydrogens is 240 g/mol. The minimum atomic E-state index is -1.64. The molecular formula is C15H28O2Si. The van der Waals surface area contributed by atoms with E-state index in [9.17, 15) is 4.79 Å². The minimum Gasteiger partial charge on any atom is -0.414 e. The lowest BCUT2D eigenvalue weighted by atomic mass is 9.93. The van der Waals surface area contributed by atoms with Crippen molar-refractivity contribution >= 4 is 14.1 Å². The van der Waals surface area contributed by atoms with Crippen LogP contribution in [0.2, 0.25) is 18.1 Å². The van der Waals surface area contributed by atoms with E-state index in [2.05, 4.69) is 40.8 Å². The zero-order valence-corrected chi connectivity index (χ0v) is 13.7. The Morgan fingerprint density at radius 3 is 2.33 bits per heavy atom. The monoisotopic (exact) mass is 268 g/mol. The van der Waals surface area contributed by atoms with Gasteiger partial charge in [0.15, 0.2) is 8.32 Å². The first kappa shape index (κ1) is 14.3. The molecule has 18 heavy (non-hydrogen) atoms. The highest BCUT2D eigenvalue weighted by Gasteiger charge is 2.48. The predicted octanol–water partition coefficient (Wildman–Crippen LogP) is 4.01. The average Bonchev–Trinajstić information content (AvgIpc) is 2.66. The molecule has 0 radical (unpaired) electrons. The molecule has 2 nitrogen and oxygen atoms in total. The molecule has 0 aromatic heterocycles. The van der Waals surface area contributed by atoms with Crippen molar-refractivity contribution in [3.05, 3.63) is 0 Å². The lowest BCUT2D eigenvalue weighted by Gasteiger charge is -2.38. The number of ketones is 1. The van der Waals surface area contributed by atoms with Crippen molar-refractivity contribution < 1.29 is 9.22 Å². The van der Waals surface area contributed by atoms with Crippen LogP contribution in [0.15, 0.2) is 0 Å². The maximum atomic E-state index is 11.7. The third-order valence-electron chi connectivity index (χ3n) is 5.59. The van der Waals surface area contributed by atoms with E-state index in [1.807, 2.05) is 0 Å². The van der Waals surface area contributed by atoms with Gasteiger partial charge in [-0.25, -0.2) is 0 Å². The predicted molar refractivity (Wildman–Crippen MR) is 77.1 cm³/mol. The van der Waals surface area contributed by atoms with Gasteiger partial charge < -0.3 is 4.43 Å². The van der Waals surface area contributed by atoms with Crippen molar-refractivity contribution in [3.8, 4) is 0 Å². The van der Waals surface area contributed by atoms with Gasteiger partial charge in [0.05, 0.1) is 0 Å². The maximum absolute atomic E-state index is 11.7. The summed E-state index contributed by atoms with van der Waals surface area (Å²) < 4.78 is 6.51. The Balaban J connectivity index is 1.98. The molecule has 0 unspecified atom stereocenters. The van der Waals surface area contributed by atoms with Crippen molar-refractivity contribution in [1.82, 2.24) is 0 Å². The third kappa shape index (κ3) is 2.44. The molecule has 2 saturated carbocycles. The minimum absolute atomic E-state index is 0.281. The van der Waals surface area contributed by atoms with Crippen molar-refractivity contribution in [2.45, 2.75) is 71.2 Å². The first-order valence-electron chi connectivity index (χ1n) is 7.32. The SMILES string of the molecule is C[C@H]1C(=O)C[C@@H]2C[C@H](O[Si](C)(C)C(C)(C)C)C[C@@H]21. The Kier molecular flexibility index (Phi) is 3.52. The fourth-order valence-electron chi connectivity index (χ4n) is 3.32. The number of fused-ring (bicyclic) bond motifs is 1. The lowest BCUT2D eigenvalue weighted by Crippen LogP contribution is -2.43. The Morgan fingerprint density at radius 2 is 1.83 bits per heavy atom. The molecule has 0 saturated heterocycles. The van der Waals surface area contributed by atoms with E-state index in [1.165, 1.54) is 0 Å². The highest BCUT2D eigenvalue weighted by molar-refractivity contribution is 6.74. The van der Waals surface area contributed by atoms with Crippen molar-refractivity contribution in [1.29, 1.82) is 0 Å². The largest absolute Gasteiger partial charge is 0.414 e. The summed E-state index contributed by atoms with van der Waals surface area (Å²) in [5, 5.41) is 0.284. The van der Waals surface area contributed by atoms with E-state index in [0.717, 1.165) is 19.3 Å². The fraction of sp³-hybridized carbons (Fsp3) is 0.933. The second-order valence-electron chi connectivity index (χ2n) is 7.85. The van der Waals surface area contributed by atoms with E-state index in [4.69, 9.17) is 4.43 Å². The van der Waals surface area contributed by atoms with Gasteiger partial charge in [-0.1, -0.05) is 27.7 Å². The molecule has 0 aromatic carbocycles. The van der Waals surface area contributed by atoms with Gasteiger partial charge in [-0.05, 0) is 42.8 Å². The zero-order valence-electron chi connectivity index (χ0n) is 12.7. The smallest absolute Gasteiger partial charge is 0.192 e. The van der Waals surface area contributed by atoms with Crippen molar-refractivity contribution in [2.75, 3.05) is 0 Å². The van der Waals surface area contributed by atoms with Crippen LogP contribution in [0.4, 0.5) is 0 Å². The van der Waals surface area contributed by atoms with E-state index in [-0.39, 0.29) is 11.0 Å². The Bertz CT molecular complexity index is 343. The van der Waals surface area contributed by atoms with E-state index >= 15 is 0 Å².